The molecule has 1 atom stereocenters. The Morgan fingerprint density at radius 3 is 3.00 bits per heavy atom. The van der Waals surface area contributed by atoms with E-state index in [4.69, 9.17) is 4.74 Å². The molecule has 1 rings (SSSR count). The summed E-state index contributed by atoms with van der Waals surface area (Å²) in [5.74, 6) is 0.895. The fraction of sp³-hybridized carbons (Fsp3) is 0.455. The standard InChI is InChI=1S/C11H16N2O2/c1-3-9(2)8-15-11(14)13-10-6-4-5-7-12-10/h4-7,9H,3,8H2,1-2H3,(H,12,13,14)/t9-/m1/s1. The van der Waals surface area contributed by atoms with Crippen molar-refractivity contribution in [2.24, 2.45) is 5.92 Å². The van der Waals surface area contributed by atoms with E-state index in [1.54, 1.807) is 24.4 Å². The lowest BCUT2D eigenvalue weighted by molar-refractivity contribution is 0.143. The summed E-state index contributed by atoms with van der Waals surface area (Å²) in [6.07, 6.45) is 2.16. The van der Waals surface area contributed by atoms with Crippen LogP contribution in [0.2, 0.25) is 0 Å². The zero-order valence-electron chi connectivity index (χ0n) is 9.06. The van der Waals surface area contributed by atoms with E-state index in [1.165, 1.54) is 0 Å². The molecule has 0 aliphatic rings. The Kier molecular flexibility index (Phi) is 4.60. The van der Waals surface area contributed by atoms with Crippen LogP contribution in [-0.2, 0) is 4.74 Å². The zero-order valence-corrected chi connectivity index (χ0v) is 9.06. The molecule has 0 unspecified atom stereocenters. The predicted molar refractivity (Wildman–Crippen MR) is 58.7 cm³/mol. The largest absolute Gasteiger partial charge is 0.449 e. The van der Waals surface area contributed by atoms with Gasteiger partial charge in [0.1, 0.15) is 5.82 Å². The van der Waals surface area contributed by atoms with Gasteiger partial charge in [-0.05, 0) is 18.1 Å². The monoisotopic (exact) mass is 208 g/mol. The number of pyridine rings is 1. The van der Waals surface area contributed by atoms with Gasteiger partial charge in [0.05, 0.1) is 6.61 Å². The SMILES string of the molecule is CC[C@@H](C)COC(=O)Nc1ccccn1. The highest BCUT2D eigenvalue weighted by atomic mass is 16.5. The van der Waals surface area contributed by atoms with Crippen molar-refractivity contribution >= 4 is 11.9 Å². The summed E-state index contributed by atoms with van der Waals surface area (Å²) < 4.78 is 5.01. The van der Waals surface area contributed by atoms with Crippen molar-refractivity contribution in [3.63, 3.8) is 0 Å². The number of aromatic nitrogens is 1. The van der Waals surface area contributed by atoms with E-state index in [9.17, 15) is 4.79 Å². The van der Waals surface area contributed by atoms with Gasteiger partial charge in [-0.1, -0.05) is 26.3 Å². The molecule has 1 N–H and O–H groups in total. The second-order valence-electron chi connectivity index (χ2n) is 3.45. The summed E-state index contributed by atoms with van der Waals surface area (Å²) in [7, 11) is 0. The molecule has 0 aliphatic heterocycles. The van der Waals surface area contributed by atoms with Gasteiger partial charge in [-0.15, -0.1) is 0 Å². The van der Waals surface area contributed by atoms with E-state index >= 15 is 0 Å². The number of ether oxygens (including phenoxy) is 1. The summed E-state index contributed by atoms with van der Waals surface area (Å²) in [5.41, 5.74) is 0. The van der Waals surface area contributed by atoms with E-state index in [0.717, 1.165) is 6.42 Å². The Hall–Kier alpha value is -1.58. The highest BCUT2D eigenvalue weighted by Gasteiger charge is 2.05. The lowest BCUT2D eigenvalue weighted by atomic mass is 10.1. The first-order chi connectivity index (χ1) is 7.22. The van der Waals surface area contributed by atoms with E-state index < -0.39 is 6.09 Å². The van der Waals surface area contributed by atoms with Crippen molar-refractivity contribution < 1.29 is 9.53 Å². The molecule has 82 valence electrons. The Bertz CT molecular complexity index is 301. The number of anilines is 1. The van der Waals surface area contributed by atoms with Gasteiger partial charge >= 0.3 is 6.09 Å². The topological polar surface area (TPSA) is 51.2 Å². The normalized spacial score (nSPS) is 11.9. The van der Waals surface area contributed by atoms with Crippen LogP contribution >= 0.6 is 0 Å². The molecule has 1 amide bonds. The third-order valence-electron chi connectivity index (χ3n) is 2.09. The third kappa shape index (κ3) is 4.44. The smallest absolute Gasteiger partial charge is 0.412 e. The molecule has 1 aromatic heterocycles. The minimum absolute atomic E-state index is 0.388. The molecule has 0 spiro atoms. The number of hydrogen-bond acceptors (Lipinski definition) is 3. The van der Waals surface area contributed by atoms with Crippen LogP contribution in [0.15, 0.2) is 24.4 Å². The van der Waals surface area contributed by atoms with Gasteiger partial charge < -0.3 is 4.74 Å². The molecule has 0 aromatic carbocycles. The van der Waals surface area contributed by atoms with Crippen LogP contribution in [0.3, 0.4) is 0 Å². The molecule has 0 aliphatic carbocycles. The second-order valence-corrected chi connectivity index (χ2v) is 3.45. The second kappa shape index (κ2) is 6.01. The maximum Gasteiger partial charge on any atom is 0.412 e. The number of amides is 1. The Labute approximate surface area is 89.7 Å². The molecule has 0 saturated carbocycles. The maximum atomic E-state index is 11.3. The van der Waals surface area contributed by atoms with Crippen LogP contribution in [0, 0.1) is 5.92 Å². The van der Waals surface area contributed by atoms with Crippen molar-refractivity contribution in [1.29, 1.82) is 0 Å². The minimum Gasteiger partial charge on any atom is -0.449 e. The van der Waals surface area contributed by atoms with Gasteiger partial charge in [-0.2, -0.15) is 0 Å². The third-order valence-corrected chi connectivity index (χ3v) is 2.09. The lowest BCUT2D eigenvalue weighted by Gasteiger charge is -2.09. The Morgan fingerprint density at radius 2 is 2.40 bits per heavy atom. The average molecular weight is 208 g/mol. The molecule has 4 nitrogen and oxygen atoms in total. The summed E-state index contributed by atoms with van der Waals surface area (Å²) in [5, 5.41) is 2.55. The van der Waals surface area contributed by atoms with E-state index in [2.05, 4.69) is 17.2 Å². The highest BCUT2D eigenvalue weighted by molar-refractivity contribution is 5.83. The van der Waals surface area contributed by atoms with Crippen molar-refractivity contribution in [3.05, 3.63) is 24.4 Å². The first kappa shape index (κ1) is 11.5. The summed E-state index contributed by atoms with van der Waals surface area (Å²) in [4.78, 5) is 15.2. The fourth-order valence-electron chi connectivity index (χ4n) is 0.913. The summed E-state index contributed by atoms with van der Waals surface area (Å²) in [6.45, 7) is 4.54. The van der Waals surface area contributed by atoms with Crippen LogP contribution in [0.5, 0.6) is 0 Å². The number of rotatable bonds is 4. The highest BCUT2D eigenvalue weighted by Crippen LogP contribution is 2.03. The zero-order chi connectivity index (χ0) is 11.1. The first-order valence-electron chi connectivity index (χ1n) is 5.07. The molecular weight excluding hydrogens is 192 g/mol. The Morgan fingerprint density at radius 1 is 1.60 bits per heavy atom. The predicted octanol–water partition coefficient (Wildman–Crippen LogP) is 2.68. The molecule has 0 radical (unpaired) electrons. The van der Waals surface area contributed by atoms with Gasteiger partial charge in [0.15, 0.2) is 0 Å². The van der Waals surface area contributed by atoms with Crippen LogP contribution in [-0.4, -0.2) is 17.7 Å². The molecule has 1 heterocycles. The quantitative estimate of drug-likeness (QED) is 0.827. The number of carbonyl (C=O) groups excluding carboxylic acids is 1. The van der Waals surface area contributed by atoms with Gasteiger partial charge in [0.2, 0.25) is 0 Å². The van der Waals surface area contributed by atoms with Gasteiger partial charge in [-0.25, -0.2) is 9.78 Å². The Balaban J connectivity index is 2.31. The molecule has 0 bridgehead atoms. The van der Waals surface area contributed by atoms with Gasteiger partial charge in [0, 0.05) is 6.20 Å². The van der Waals surface area contributed by atoms with Gasteiger partial charge in [-0.3, -0.25) is 5.32 Å². The van der Waals surface area contributed by atoms with E-state index in [1.807, 2.05) is 6.92 Å². The van der Waals surface area contributed by atoms with E-state index in [0.29, 0.717) is 18.3 Å². The molecular formula is C11H16N2O2. The van der Waals surface area contributed by atoms with Crippen molar-refractivity contribution in [3.8, 4) is 0 Å². The minimum atomic E-state index is -0.450. The lowest BCUT2D eigenvalue weighted by Crippen LogP contribution is -2.17. The van der Waals surface area contributed by atoms with Crippen LogP contribution in [0.4, 0.5) is 10.6 Å². The van der Waals surface area contributed by atoms with Crippen molar-refractivity contribution in [2.75, 3.05) is 11.9 Å². The molecule has 0 fully saturated rings. The number of carbonyl (C=O) groups is 1. The molecule has 15 heavy (non-hydrogen) atoms. The van der Waals surface area contributed by atoms with Gasteiger partial charge in [0.25, 0.3) is 0 Å². The summed E-state index contributed by atoms with van der Waals surface area (Å²) in [6, 6.07) is 5.30. The molecule has 1 aromatic rings. The van der Waals surface area contributed by atoms with Crippen molar-refractivity contribution in [1.82, 2.24) is 4.98 Å². The summed E-state index contributed by atoms with van der Waals surface area (Å²) >= 11 is 0. The van der Waals surface area contributed by atoms with Crippen LogP contribution < -0.4 is 5.32 Å². The molecule has 0 saturated heterocycles. The molecule has 4 heteroatoms. The maximum absolute atomic E-state index is 11.3. The van der Waals surface area contributed by atoms with Crippen molar-refractivity contribution in [2.45, 2.75) is 20.3 Å². The van der Waals surface area contributed by atoms with Crippen LogP contribution in [0.25, 0.3) is 0 Å². The van der Waals surface area contributed by atoms with E-state index in [-0.39, 0.29) is 0 Å². The fourth-order valence-corrected chi connectivity index (χ4v) is 0.913. The van der Waals surface area contributed by atoms with Crippen LogP contribution in [0.1, 0.15) is 20.3 Å². The number of nitrogens with zero attached hydrogens (tertiary/aromatic N) is 1. The number of hydrogen-bond donors (Lipinski definition) is 1. The number of nitrogens with one attached hydrogen (secondary N) is 1. The average Bonchev–Trinajstić information content (AvgIpc) is 2.27. The first-order valence-corrected chi connectivity index (χ1v) is 5.07.